The van der Waals surface area contributed by atoms with Crippen LogP contribution in [0.2, 0.25) is 0 Å². The third kappa shape index (κ3) is 8.27. The molecule has 0 heterocycles. The van der Waals surface area contributed by atoms with Crippen molar-refractivity contribution in [1.29, 1.82) is 0 Å². The summed E-state index contributed by atoms with van der Waals surface area (Å²) in [7, 11) is 0. The largest absolute Gasteiger partial charge is 0.307 e. The van der Waals surface area contributed by atoms with Gasteiger partial charge in [-0.05, 0) is 20.4 Å². The normalized spacial score (nSPS) is 10.7. The zero-order valence-corrected chi connectivity index (χ0v) is 7.22. The average molecular weight is 148 g/mol. The fraction of sp³-hybridized carbons (Fsp3) is 1.00. The molecule has 2 N–H and O–H groups in total. The molecule has 0 aromatic heterocycles. The first kappa shape index (κ1) is 9.27. The van der Waals surface area contributed by atoms with E-state index in [4.69, 9.17) is 0 Å². The zero-order chi connectivity index (χ0) is 7.11. The molecule has 2 nitrogen and oxygen atoms in total. The van der Waals surface area contributed by atoms with E-state index in [2.05, 4.69) is 30.8 Å². The second-order valence-corrected chi connectivity index (χ2v) is 2.98. The molecular weight excluding hydrogens is 132 g/mol. The Kier molecular flexibility index (Phi) is 6.58. The van der Waals surface area contributed by atoms with Crippen molar-refractivity contribution in [3.8, 4) is 0 Å². The molecule has 0 atom stereocenters. The van der Waals surface area contributed by atoms with Gasteiger partial charge < -0.3 is 5.32 Å². The van der Waals surface area contributed by atoms with Crippen LogP contribution >= 0.6 is 11.9 Å². The molecule has 0 aliphatic carbocycles. The summed E-state index contributed by atoms with van der Waals surface area (Å²) in [5.74, 6) is 0.995. The highest BCUT2D eigenvalue weighted by atomic mass is 32.2. The van der Waals surface area contributed by atoms with Gasteiger partial charge in [-0.2, -0.15) is 0 Å². The molecule has 0 aliphatic rings. The van der Waals surface area contributed by atoms with Gasteiger partial charge >= 0.3 is 0 Å². The summed E-state index contributed by atoms with van der Waals surface area (Å²) in [5, 5.41) is 3.20. The molecule has 0 unspecified atom stereocenters. The molecule has 0 rings (SSSR count). The highest BCUT2D eigenvalue weighted by Crippen LogP contribution is 1.91. The van der Waals surface area contributed by atoms with E-state index in [0.717, 1.165) is 12.4 Å². The van der Waals surface area contributed by atoms with E-state index >= 15 is 0 Å². The van der Waals surface area contributed by atoms with Crippen molar-refractivity contribution in [2.24, 2.45) is 0 Å². The Balaban J connectivity index is 2.75. The van der Waals surface area contributed by atoms with Crippen molar-refractivity contribution >= 4 is 11.9 Å². The van der Waals surface area contributed by atoms with Gasteiger partial charge in [-0.25, -0.2) is 0 Å². The second-order valence-electron chi connectivity index (χ2n) is 2.16. The van der Waals surface area contributed by atoms with Crippen LogP contribution in [0.15, 0.2) is 0 Å². The van der Waals surface area contributed by atoms with E-state index in [0.29, 0.717) is 6.04 Å². The van der Waals surface area contributed by atoms with Gasteiger partial charge in [0, 0.05) is 6.04 Å². The summed E-state index contributed by atoms with van der Waals surface area (Å²) in [6.45, 7) is 7.43. The van der Waals surface area contributed by atoms with Crippen LogP contribution in [0.25, 0.3) is 0 Å². The van der Waals surface area contributed by atoms with E-state index in [1.165, 1.54) is 0 Å². The minimum atomic E-state index is 0.577. The van der Waals surface area contributed by atoms with Crippen LogP contribution in [-0.4, -0.2) is 18.5 Å². The first-order chi connectivity index (χ1) is 4.27. The smallest absolute Gasteiger partial charge is 0.0565 e. The Morgan fingerprint density at radius 3 is 2.56 bits per heavy atom. The minimum Gasteiger partial charge on any atom is -0.307 e. The molecule has 9 heavy (non-hydrogen) atoms. The minimum absolute atomic E-state index is 0.577. The lowest BCUT2D eigenvalue weighted by Crippen LogP contribution is -2.20. The third-order valence-electron chi connectivity index (χ3n) is 0.743. The monoisotopic (exact) mass is 148 g/mol. The first-order valence-electron chi connectivity index (χ1n) is 3.35. The van der Waals surface area contributed by atoms with E-state index in [1.807, 2.05) is 0 Å². The summed E-state index contributed by atoms with van der Waals surface area (Å²) in [6, 6.07) is 0.577. The Bertz CT molecular complexity index is 57.0. The molecule has 0 aromatic carbocycles. The average Bonchev–Trinajstić information content (AvgIpc) is 1.80. The van der Waals surface area contributed by atoms with Crippen LogP contribution in [0.3, 0.4) is 0 Å². The summed E-state index contributed by atoms with van der Waals surface area (Å²) < 4.78 is 3.23. The van der Waals surface area contributed by atoms with Gasteiger partial charge in [0.1, 0.15) is 0 Å². The molecule has 0 aromatic rings. The molecule has 0 fully saturated rings. The van der Waals surface area contributed by atoms with Crippen LogP contribution in [0.5, 0.6) is 0 Å². The third-order valence-corrected chi connectivity index (χ3v) is 1.73. The van der Waals surface area contributed by atoms with Crippen molar-refractivity contribution < 1.29 is 0 Å². The van der Waals surface area contributed by atoms with Crippen LogP contribution in [0.1, 0.15) is 20.8 Å². The SMILES string of the molecule is CCNCSNC(C)C. The van der Waals surface area contributed by atoms with Crippen molar-refractivity contribution in [3.63, 3.8) is 0 Å². The molecular formula is C6H16N2S. The maximum Gasteiger partial charge on any atom is 0.0565 e. The van der Waals surface area contributed by atoms with E-state index in [-0.39, 0.29) is 0 Å². The first-order valence-corrected chi connectivity index (χ1v) is 4.34. The van der Waals surface area contributed by atoms with Gasteiger partial charge in [-0.1, -0.05) is 18.9 Å². The highest BCUT2D eigenvalue weighted by Gasteiger charge is 1.88. The van der Waals surface area contributed by atoms with Gasteiger partial charge in [-0.15, -0.1) is 0 Å². The van der Waals surface area contributed by atoms with E-state index < -0.39 is 0 Å². The van der Waals surface area contributed by atoms with E-state index in [9.17, 15) is 0 Å². The predicted molar refractivity (Wildman–Crippen MR) is 44.4 cm³/mol. The number of rotatable bonds is 5. The van der Waals surface area contributed by atoms with Crippen molar-refractivity contribution in [1.82, 2.24) is 10.0 Å². The molecule has 0 saturated carbocycles. The Morgan fingerprint density at radius 1 is 1.44 bits per heavy atom. The Labute approximate surface area is 61.9 Å². The molecule has 56 valence electrons. The maximum atomic E-state index is 3.23. The van der Waals surface area contributed by atoms with Gasteiger partial charge in [0.15, 0.2) is 0 Å². The standard InChI is InChI=1S/C6H16N2S/c1-4-7-5-9-8-6(2)3/h6-8H,4-5H2,1-3H3. The number of nitrogens with one attached hydrogen (secondary N) is 2. The fourth-order valence-electron chi connectivity index (χ4n) is 0.361. The quantitative estimate of drug-likeness (QED) is 0.348. The molecule has 0 saturated heterocycles. The number of hydrogen-bond donors (Lipinski definition) is 2. The summed E-state index contributed by atoms with van der Waals surface area (Å²) in [6.07, 6.45) is 0. The van der Waals surface area contributed by atoms with Gasteiger partial charge in [0.05, 0.1) is 5.88 Å². The van der Waals surface area contributed by atoms with Gasteiger partial charge in [-0.3, -0.25) is 4.72 Å². The van der Waals surface area contributed by atoms with Gasteiger partial charge in [0.25, 0.3) is 0 Å². The van der Waals surface area contributed by atoms with Crippen molar-refractivity contribution in [2.45, 2.75) is 26.8 Å². The molecule has 3 heteroatoms. The molecule has 0 amide bonds. The Hall–Kier alpha value is 0.270. The lowest BCUT2D eigenvalue weighted by molar-refractivity contribution is 0.762. The number of hydrogen-bond acceptors (Lipinski definition) is 3. The lowest BCUT2D eigenvalue weighted by Gasteiger charge is -2.05. The molecule has 0 spiro atoms. The highest BCUT2D eigenvalue weighted by molar-refractivity contribution is 7.97. The molecule has 0 aliphatic heterocycles. The van der Waals surface area contributed by atoms with Crippen LogP contribution < -0.4 is 10.0 Å². The van der Waals surface area contributed by atoms with Crippen LogP contribution in [0, 0.1) is 0 Å². The molecule has 0 radical (unpaired) electrons. The van der Waals surface area contributed by atoms with Crippen LogP contribution in [-0.2, 0) is 0 Å². The Morgan fingerprint density at radius 2 is 2.11 bits per heavy atom. The second kappa shape index (κ2) is 6.39. The van der Waals surface area contributed by atoms with Crippen molar-refractivity contribution in [2.75, 3.05) is 12.4 Å². The predicted octanol–water partition coefficient (Wildman–Crippen LogP) is 1.20. The molecule has 0 bridgehead atoms. The summed E-state index contributed by atoms with van der Waals surface area (Å²) >= 11 is 1.72. The van der Waals surface area contributed by atoms with Gasteiger partial charge in [0.2, 0.25) is 0 Å². The van der Waals surface area contributed by atoms with Crippen molar-refractivity contribution in [3.05, 3.63) is 0 Å². The van der Waals surface area contributed by atoms with Crippen LogP contribution in [0.4, 0.5) is 0 Å². The maximum absolute atomic E-state index is 3.23. The topological polar surface area (TPSA) is 24.1 Å². The summed E-state index contributed by atoms with van der Waals surface area (Å²) in [5.41, 5.74) is 0. The van der Waals surface area contributed by atoms with E-state index in [1.54, 1.807) is 11.9 Å². The zero-order valence-electron chi connectivity index (χ0n) is 6.40. The fourth-order valence-corrected chi connectivity index (χ4v) is 1.08. The summed E-state index contributed by atoms with van der Waals surface area (Å²) in [4.78, 5) is 0. The lowest BCUT2D eigenvalue weighted by atomic mass is 10.4.